The predicted octanol–water partition coefficient (Wildman–Crippen LogP) is 0.534. The van der Waals surface area contributed by atoms with Crippen LogP contribution < -0.4 is 0 Å². The van der Waals surface area contributed by atoms with Crippen molar-refractivity contribution in [2.24, 2.45) is 0 Å². The number of rotatable bonds is 1. The lowest BCUT2D eigenvalue weighted by atomic mass is 10.4. The molecule has 2 aromatic heterocycles. The maximum atomic E-state index is 8.49. The summed E-state index contributed by atoms with van der Waals surface area (Å²) in [6.45, 7) is 0. The molecule has 5 heteroatoms. The largest absolute Gasteiger partial charge is 0.289 e. The molecule has 0 fully saturated rings. The Kier molecular flexibility index (Phi) is 1.73. The molecule has 62 valence electrons. The summed E-state index contributed by atoms with van der Waals surface area (Å²) < 4.78 is 1.72. The van der Waals surface area contributed by atoms with E-state index in [2.05, 4.69) is 15.2 Å². The van der Waals surface area contributed by atoms with E-state index >= 15 is 0 Å². The molecule has 0 N–H and O–H groups in total. The van der Waals surface area contributed by atoms with Crippen molar-refractivity contribution in [1.82, 2.24) is 19.7 Å². The number of imidazole rings is 1. The number of hydrogen-bond acceptors (Lipinski definition) is 4. The van der Waals surface area contributed by atoms with Gasteiger partial charge in [0.25, 0.3) is 0 Å². The van der Waals surface area contributed by atoms with Gasteiger partial charge in [0.1, 0.15) is 12.4 Å². The van der Waals surface area contributed by atoms with Crippen LogP contribution in [0.25, 0.3) is 5.82 Å². The lowest BCUT2D eigenvalue weighted by Crippen LogP contribution is -1.97. The van der Waals surface area contributed by atoms with Crippen LogP contribution in [0.1, 0.15) is 5.69 Å². The van der Waals surface area contributed by atoms with Gasteiger partial charge in [0.05, 0.1) is 0 Å². The highest BCUT2D eigenvalue weighted by atomic mass is 15.2. The summed E-state index contributed by atoms with van der Waals surface area (Å²) >= 11 is 0. The number of nitriles is 1. The van der Waals surface area contributed by atoms with Gasteiger partial charge in [-0.05, 0) is 12.1 Å². The summed E-state index contributed by atoms with van der Waals surface area (Å²) in [5, 5.41) is 16.0. The van der Waals surface area contributed by atoms with Crippen LogP contribution in [0.5, 0.6) is 0 Å². The summed E-state index contributed by atoms with van der Waals surface area (Å²) in [5.74, 6) is 0.650. The van der Waals surface area contributed by atoms with E-state index in [1.165, 1.54) is 0 Å². The van der Waals surface area contributed by atoms with Crippen molar-refractivity contribution in [3.63, 3.8) is 0 Å². The molecule has 0 aliphatic heterocycles. The first-order valence-electron chi connectivity index (χ1n) is 3.62. The molecule has 0 atom stereocenters. The molecule has 0 amide bonds. The molecular formula is C8H5N5. The van der Waals surface area contributed by atoms with Gasteiger partial charge in [-0.15, -0.1) is 10.2 Å². The van der Waals surface area contributed by atoms with E-state index in [0.717, 1.165) is 0 Å². The molecule has 2 aromatic rings. The second-order valence-corrected chi connectivity index (χ2v) is 2.36. The summed E-state index contributed by atoms with van der Waals surface area (Å²) in [6.07, 6.45) is 5.03. The van der Waals surface area contributed by atoms with Gasteiger partial charge >= 0.3 is 0 Å². The predicted molar refractivity (Wildman–Crippen MR) is 43.9 cm³/mol. The molecule has 0 bridgehead atoms. The summed E-state index contributed by atoms with van der Waals surface area (Å²) in [4.78, 5) is 3.87. The molecule has 0 radical (unpaired) electrons. The molecule has 0 saturated carbocycles. The maximum absolute atomic E-state index is 8.49. The summed E-state index contributed by atoms with van der Waals surface area (Å²) in [7, 11) is 0. The van der Waals surface area contributed by atoms with E-state index in [4.69, 9.17) is 5.26 Å². The fourth-order valence-corrected chi connectivity index (χ4v) is 0.917. The quantitative estimate of drug-likeness (QED) is 0.627. The molecule has 0 unspecified atom stereocenters. The van der Waals surface area contributed by atoms with Crippen LogP contribution in [-0.4, -0.2) is 19.7 Å². The fraction of sp³-hybridized carbons (Fsp3) is 0. The lowest BCUT2D eigenvalue weighted by Gasteiger charge is -1.97. The Morgan fingerprint density at radius 2 is 2.23 bits per heavy atom. The van der Waals surface area contributed by atoms with E-state index in [0.29, 0.717) is 11.5 Å². The van der Waals surface area contributed by atoms with Gasteiger partial charge in [-0.1, -0.05) is 0 Å². The van der Waals surface area contributed by atoms with Crippen molar-refractivity contribution < 1.29 is 0 Å². The van der Waals surface area contributed by atoms with Gasteiger partial charge in [0, 0.05) is 12.4 Å². The first kappa shape index (κ1) is 7.43. The van der Waals surface area contributed by atoms with Crippen LogP contribution in [0.2, 0.25) is 0 Å². The minimum Gasteiger partial charge on any atom is -0.289 e. The standard InChI is InChI=1S/C8H5N5/c9-5-7-1-2-8(12-11-7)13-4-3-10-6-13/h1-4,6H. The molecule has 0 spiro atoms. The number of aromatic nitrogens is 4. The summed E-state index contributed by atoms with van der Waals surface area (Å²) in [5.41, 5.74) is 0.309. The van der Waals surface area contributed by atoms with Crippen molar-refractivity contribution in [2.45, 2.75) is 0 Å². The second-order valence-electron chi connectivity index (χ2n) is 2.36. The van der Waals surface area contributed by atoms with Crippen molar-refractivity contribution in [3.05, 3.63) is 36.5 Å². The van der Waals surface area contributed by atoms with Gasteiger partial charge in [0.15, 0.2) is 11.5 Å². The van der Waals surface area contributed by atoms with Gasteiger partial charge in [-0.2, -0.15) is 5.26 Å². The SMILES string of the molecule is N#Cc1ccc(-n2ccnc2)nn1. The smallest absolute Gasteiger partial charge is 0.163 e. The zero-order valence-corrected chi connectivity index (χ0v) is 6.62. The molecule has 0 aliphatic rings. The van der Waals surface area contributed by atoms with E-state index < -0.39 is 0 Å². The zero-order chi connectivity index (χ0) is 9.10. The molecule has 0 saturated heterocycles. The Bertz CT molecular complexity index is 423. The Morgan fingerprint density at radius 1 is 1.31 bits per heavy atom. The van der Waals surface area contributed by atoms with Crippen molar-refractivity contribution >= 4 is 0 Å². The first-order chi connectivity index (χ1) is 6.40. The molecule has 2 rings (SSSR count). The number of hydrogen-bond donors (Lipinski definition) is 0. The van der Waals surface area contributed by atoms with Crippen LogP contribution in [0, 0.1) is 11.3 Å². The van der Waals surface area contributed by atoms with Crippen molar-refractivity contribution in [3.8, 4) is 11.9 Å². The maximum Gasteiger partial charge on any atom is 0.163 e. The molecule has 2 heterocycles. The third kappa shape index (κ3) is 1.37. The van der Waals surface area contributed by atoms with Gasteiger partial charge < -0.3 is 0 Å². The highest BCUT2D eigenvalue weighted by Gasteiger charge is 1.97. The van der Waals surface area contributed by atoms with E-state index in [1.54, 1.807) is 35.4 Å². The Hall–Kier alpha value is -2.22. The third-order valence-electron chi connectivity index (χ3n) is 1.53. The van der Waals surface area contributed by atoms with Crippen LogP contribution in [0.15, 0.2) is 30.9 Å². The second kappa shape index (κ2) is 3.03. The Balaban J connectivity index is 2.40. The Morgan fingerprint density at radius 3 is 2.77 bits per heavy atom. The van der Waals surface area contributed by atoms with Crippen LogP contribution in [0.3, 0.4) is 0 Å². The topological polar surface area (TPSA) is 67.4 Å². The summed E-state index contributed by atoms with van der Waals surface area (Å²) in [6, 6.07) is 5.23. The minimum absolute atomic E-state index is 0.309. The fourth-order valence-electron chi connectivity index (χ4n) is 0.917. The van der Waals surface area contributed by atoms with Gasteiger partial charge in [-0.25, -0.2) is 4.98 Å². The molecular weight excluding hydrogens is 166 g/mol. The van der Waals surface area contributed by atoms with Crippen LogP contribution in [0.4, 0.5) is 0 Å². The monoisotopic (exact) mass is 171 g/mol. The van der Waals surface area contributed by atoms with Gasteiger partial charge in [-0.3, -0.25) is 4.57 Å². The van der Waals surface area contributed by atoms with E-state index in [9.17, 15) is 0 Å². The average molecular weight is 171 g/mol. The zero-order valence-electron chi connectivity index (χ0n) is 6.62. The normalized spacial score (nSPS) is 9.46. The lowest BCUT2D eigenvalue weighted by molar-refractivity contribution is 0.903. The third-order valence-corrected chi connectivity index (χ3v) is 1.53. The highest BCUT2D eigenvalue weighted by Crippen LogP contribution is 2.01. The van der Waals surface area contributed by atoms with E-state index in [1.807, 2.05) is 6.07 Å². The van der Waals surface area contributed by atoms with Gasteiger partial charge in [0.2, 0.25) is 0 Å². The molecule has 0 aromatic carbocycles. The van der Waals surface area contributed by atoms with Crippen molar-refractivity contribution in [2.75, 3.05) is 0 Å². The Labute approximate surface area is 74.3 Å². The average Bonchev–Trinajstić information content (AvgIpc) is 2.71. The molecule has 13 heavy (non-hydrogen) atoms. The van der Waals surface area contributed by atoms with Crippen LogP contribution >= 0.6 is 0 Å². The van der Waals surface area contributed by atoms with Crippen LogP contribution in [-0.2, 0) is 0 Å². The van der Waals surface area contributed by atoms with Crippen molar-refractivity contribution in [1.29, 1.82) is 5.26 Å². The number of nitrogens with zero attached hydrogens (tertiary/aromatic N) is 5. The molecule has 0 aliphatic carbocycles. The van der Waals surface area contributed by atoms with E-state index in [-0.39, 0.29) is 0 Å². The first-order valence-corrected chi connectivity index (χ1v) is 3.62. The highest BCUT2D eigenvalue weighted by molar-refractivity contribution is 5.26. The minimum atomic E-state index is 0.309. The molecule has 5 nitrogen and oxygen atoms in total.